The fourth-order valence-electron chi connectivity index (χ4n) is 0.965. The number of phenols is 1. The minimum atomic E-state index is -1.02. The van der Waals surface area contributed by atoms with Crippen LogP contribution in [-0.4, -0.2) is 23.3 Å². The summed E-state index contributed by atoms with van der Waals surface area (Å²) in [4.78, 5) is 10.2. The zero-order valence-corrected chi connectivity index (χ0v) is 8.30. The van der Waals surface area contributed by atoms with Crippen LogP contribution in [0.4, 0.5) is 0 Å². The Balaban J connectivity index is 0.00000196. The van der Waals surface area contributed by atoms with E-state index in [2.05, 4.69) is 0 Å². The van der Waals surface area contributed by atoms with E-state index in [-0.39, 0.29) is 11.9 Å². The number of methoxy groups -OCH3 is 1. The Morgan fingerprint density at radius 2 is 2.13 bits per heavy atom. The third-order valence-electron chi connectivity index (χ3n) is 1.62. The third-order valence-corrected chi connectivity index (χ3v) is 1.62. The summed E-state index contributed by atoms with van der Waals surface area (Å²) in [7, 11) is 1.43. The molecule has 1 aromatic rings. The van der Waals surface area contributed by atoms with E-state index in [0.717, 1.165) is 6.08 Å². The van der Waals surface area contributed by atoms with Gasteiger partial charge in [0.1, 0.15) is 0 Å². The van der Waals surface area contributed by atoms with E-state index < -0.39 is 5.97 Å². The highest BCUT2D eigenvalue weighted by atomic mass is 16.5. The second-order valence-corrected chi connectivity index (χ2v) is 2.60. The van der Waals surface area contributed by atoms with Crippen molar-refractivity contribution >= 4 is 12.0 Å². The highest BCUT2D eigenvalue weighted by molar-refractivity contribution is 5.85. The van der Waals surface area contributed by atoms with Gasteiger partial charge in [0.05, 0.1) is 7.11 Å². The number of aliphatic carboxylic acids is 1. The van der Waals surface area contributed by atoms with E-state index in [9.17, 15) is 9.90 Å². The molecule has 0 saturated heterocycles. The third kappa shape index (κ3) is 3.70. The average Bonchev–Trinajstić information content (AvgIpc) is 2.16. The van der Waals surface area contributed by atoms with Gasteiger partial charge in [-0.3, -0.25) is 0 Å². The molecule has 5 heteroatoms. The Kier molecular flexibility index (Phi) is 4.90. The van der Waals surface area contributed by atoms with Gasteiger partial charge in [0.15, 0.2) is 11.5 Å². The van der Waals surface area contributed by atoms with Crippen molar-refractivity contribution in [2.75, 3.05) is 7.11 Å². The highest BCUT2D eigenvalue weighted by Gasteiger charge is 2.00. The molecule has 0 aliphatic carbocycles. The summed E-state index contributed by atoms with van der Waals surface area (Å²) >= 11 is 0. The van der Waals surface area contributed by atoms with E-state index >= 15 is 0 Å². The molecular weight excluding hydrogens is 198 g/mol. The Labute approximate surface area is 87.2 Å². The topological polar surface area (TPSA) is 102 Å². The molecule has 0 spiro atoms. The van der Waals surface area contributed by atoms with Crippen LogP contribution in [0, 0.1) is 0 Å². The summed E-state index contributed by atoms with van der Waals surface area (Å²) in [6, 6.07) is 4.59. The predicted octanol–water partition coefficient (Wildman–Crippen LogP) is 1.66. The maximum absolute atomic E-state index is 10.2. The molecule has 0 heterocycles. The molecule has 82 valence electrons. The van der Waals surface area contributed by atoms with Gasteiger partial charge in [0.2, 0.25) is 0 Å². The SMILES string of the molecule is COc1cc(/C=C\C(=O)O)ccc1O.N. The van der Waals surface area contributed by atoms with Crippen molar-refractivity contribution < 1.29 is 19.7 Å². The molecule has 15 heavy (non-hydrogen) atoms. The first-order valence-electron chi connectivity index (χ1n) is 3.91. The van der Waals surface area contributed by atoms with Crippen LogP contribution in [0.25, 0.3) is 6.08 Å². The number of carbonyl (C=O) groups is 1. The fourth-order valence-corrected chi connectivity index (χ4v) is 0.965. The van der Waals surface area contributed by atoms with Crippen molar-refractivity contribution in [1.82, 2.24) is 6.15 Å². The Morgan fingerprint density at radius 3 is 2.67 bits per heavy atom. The average molecular weight is 211 g/mol. The number of benzene rings is 1. The van der Waals surface area contributed by atoms with Crippen LogP contribution in [0.5, 0.6) is 11.5 Å². The quantitative estimate of drug-likeness (QED) is 0.660. The van der Waals surface area contributed by atoms with E-state index in [1.54, 1.807) is 12.1 Å². The molecule has 0 atom stereocenters. The molecule has 0 amide bonds. The number of ether oxygens (including phenoxy) is 1. The standard InChI is InChI=1S/C10H10O4.H3N/c1-14-9-6-7(2-4-8(9)11)3-5-10(12)13;/h2-6,11H,1H3,(H,12,13);1H3/b5-3-;. The van der Waals surface area contributed by atoms with Gasteiger partial charge in [-0.25, -0.2) is 4.79 Å². The summed E-state index contributed by atoms with van der Waals surface area (Å²) in [5, 5.41) is 17.6. The number of rotatable bonds is 3. The van der Waals surface area contributed by atoms with Gasteiger partial charge >= 0.3 is 5.97 Å². The molecule has 0 radical (unpaired) electrons. The molecular formula is C10H13NO4. The maximum Gasteiger partial charge on any atom is 0.328 e. The van der Waals surface area contributed by atoms with E-state index in [1.165, 1.54) is 19.3 Å². The lowest BCUT2D eigenvalue weighted by Crippen LogP contribution is -1.87. The van der Waals surface area contributed by atoms with Gasteiger partial charge in [0, 0.05) is 6.08 Å². The summed E-state index contributed by atoms with van der Waals surface area (Å²) in [5.41, 5.74) is 0.655. The normalized spacial score (nSPS) is 9.67. The van der Waals surface area contributed by atoms with Crippen LogP contribution in [0.3, 0.4) is 0 Å². The number of hydrogen-bond acceptors (Lipinski definition) is 4. The van der Waals surface area contributed by atoms with Crippen LogP contribution in [0.1, 0.15) is 5.56 Å². The van der Waals surface area contributed by atoms with E-state index in [1.807, 2.05) is 0 Å². The van der Waals surface area contributed by atoms with Gasteiger partial charge < -0.3 is 21.1 Å². The number of phenolic OH excluding ortho intramolecular Hbond substituents is 1. The number of aromatic hydroxyl groups is 1. The van der Waals surface area contributed by atoms with Crippen molar-refractivity contribution in [2.45, 2.75) is 0 Å². The van der Waals surface area contributed by atoms with Crippen molar-refractivity contribution in [1.29, 1.82) is 0 Å². The highest BCUT2D eigenvalue weighted by Crippen LogP contribution is 2.26. The van der Waals surface area contributed by atoms with Crippen LogP contribution < -0.4 is 10.9 Å². The minimum Gasteiger partial charge on any atom is -0.504 e. The van der Waals surface area contributed by atoms with Crippen molar-refractivity contribution in [2.24, 2.45) is 0 Å². The number of hydrogen-bond donors (Lipinski definition) is 3. The molecule has 1 aromatic carbocycles. The lowest BCUT2D eigenvalue weighted by molar-refractivity contribution is -0.131. The first-order chi connectivity index (χ1) is 6.63. The maximum atomic E-state index is 10.2. The summed E-state index contributed by atoms with van der Waals surface area (Å²) in [6.45, 7) is 0. The summed E-state index contributed by atoms with van der Waals surface area (Å²) < 4.78 is 4.86. The zero-order chi connectivity index (χ0) is 10.6. The molecule has 0 aliphatic rings. The monoisotopic (exact) mass is 211 g/mol. The van der Waals surface area contributed by atoms with Gasteiger partial charge in [-0.15, -0.1) is 0 Å². The minimum absolute atomic E-state index is 0. The Bertz CT molecular complexity index is 374. The molecule has 0 fully saturated rings. The predicted molar refractivity (Wildman–Crippen MR) is 56.4 cm³/mol. The van der Waals surface area contributed by atoms with Crippen molar-refractivity contribution in [3.05, 3.63) is 29.8 Å². The Hall–Kier alpha value is -2.01. The van der Waals surface area contributed by atoms with Crippen LogP contribution in [0.15, 0.2) is 24.3 Å². The lowest BCUT2D eigenvalue weighted by Gasteiger charge is -2.03. The summed E-state index contributed by atoms with van der Waals surface area (Å²) in [5.74, 6) is -0.672. The molecule has 5 nitrogen and oxygen atoms in total. The van der Waals surface area contributed by atoms with Crippen molar-refractivity contribution in [3.63, 3.8) is 0 Å². The molecule has 1 rings (SSSR count). The first-order valence-corrected chi connectivity index (χ1v) is 3.91. The van der Waals surface area contributed by atoms with Gasteiger partial charge in [-0.05, 0) is 23.8 Å². The van der Waals surface area contributed by atoms with E-state index in [0.29, 0.717) is 11.3 Å². The second-order valence-electron chi connectivity index (χ2n) is 2.60. The molecule has 5 N–H and O–H groups in total. The molecule has 0 aliphatic heterocycles. The number of carboxylic acid groups (broad SMARTS) is 1. The van der Waals surface area contributed by atoms with Gasteiger partial charge in [-0.1, -0.05) is 6.07 Å². The molecule has 0 unspecified atom stereocenters. The van der Waals surface area contributed by atoms with E-state index in [4.69, 9.17) is 9.84 Å². The fraction of sp³-hybridized carbons (Fsp3) is 0.100. The van der Waals surface area contributed by atoms with Gasteiger partial charge in [-0.2, -0.15) is 0 Å². The smallest absolute Gasteiger partial charge is 0.328 e. The lowest BCUT2D eigenvalue weighted by atomic mass is 10.2. The largest absolute Gasteiger partial charge is 0.504 e. The summed E-state index contributed by atoms with van der Waals surface area (Å²) in [6.07, 6.45) is 2.44. The molecule has 0 aromatic heterocycles. The first kappa shape index (κ1) is 13.0. The van der Waals surface area contributed by atoms with Crippen LogP contribution >= 0.6 is 0 Å². The van der Waals surface area contributed by atoms with Crippen LogP contribution in [-0.2, 0) is 4.79 Å². The Morgan fingerprint density at radius 1 is 1.47 bits per heavy atom. The molecule has 0 bridgehead atoms. The second kappa shape index (κ2) is 5.66. The van der Waals surface area contributed by atoms with Gasteiger partial charge in [0.25, 0.3) is 0 Å². The van der Waals surface area contributed by atoms with Crippen molar-refractivity contribution in [3.8, 4) is 11.5 Å². The zero-order valence-electron chi connectivity index (χ0n) is 8.30. The van der Waals surface area contributed by atoms with Crippen LogP contribution in [0.2, 0.25) is 0 Å². The molecule has 0 saturated carbocycles. The number of carboxylic acids is 1.